The lowest BCUT2D eigenvalue weighted by Crippen LogP contribution is -2.19. The lowest BCUT2D eigenvalue weighted by molar-refractivity contribution is 0.0954. The molecule has 2 aromatic carbocycles. The number of benzene rings is 2. The average Bonchev–Trinajstić information content (AvgIpc) is 2.65. The number of ether oxygens (including phenoxy) is 1. The number of hydrogen-bond donors (Lipinski definition) is 1. The maximum absolute atomic E-state index is 12.0. The lowest BCUT2D eigenvalue weighted by Gasteiger charge is -2.06. The molecule has 0 saturated heterocycles. The maximum Gasteiger partial charge on any atom is 0.272 e. The standard InChI is InChI=1S/C19H17N3O2/c1-13(21-22-19(23)17-4-3-9-20-12-17)14-5-6-16-11-18(24-2)8-7-15(16)10-14/h3-12H,1-2H3,(H,22,23)/b21-13-. The van der Waals surface area contributed by atoms with Crippen molar-refractivity contribution in [2.24, 2.45) is 5.10 Å². The fourth-order valence-electron chi connectivity index (χ4n) is 2.34. The zero-order valence-electron chi connectivity index (χ0n) is 13.5. The minimum atomic E-state index is -0.284. The van der Waals surface area contributed by atoms with Crippen LogP contribution in [0.2, 0.25) is 0 Å². The number of rotatable bonds is 4. The number of hydrazone groups is 1. The third-order valence-corrected chi connectivity index (χ3v) is 3.71. The second kappa shape index (κ2) is 6.91. The van der Waals surface area contributed by atoms with Crippen LogP contribution in [0.3, 0.4) is 0 Å². The SMILES string of the molecule is COc1ccc2cc(/C(C)=N\NC(=O)c3cccnc3)ccc2c1. The van der Waals surface area contributed by atoms with Crippen molar-refractivity contribution in [3.8, 4) is 5.75 Å². The highest BCUT2D eigenvalue weighted by molar-refractivity contribution is 6.03. The molecule has 0 radical (unpaired) electrons. The van der Waals surface area contributed by atoms with Crippen molar-refractivity contribution in [3.05, 3.63) is 72.1 Å². The summed E-state index contributed by atoms with van der Waals surface area (Å²) in [5, 5.41) is 6.35. The van der Waals surface area contributed by atoms with Gasteiger partial charge < -0.3 is 4.74 Å². The van der Waals surface area contributed by atoms with Gasteiger partial charge in [0.2, 0.25) is 0 Å². The van der Waals surface area contributed by atoms with E-state index in [1.807, 2.05) is 43.3 Å². The van der Waals surface area contributed by atoms with E-state index in [1.54, 1.807) is 25.4 Å². The fraction of sp³-hybridized carbons (Fsp3) is 0.105. The molecular weight excluding hydrogens is 302 g/mol. The molecular formula is C19H17N3O2. The Balaban J connectivity index is 1.80. The Morgan fingerprint density at radius 3 is 2.62 bits per heavy atom. The fourth-order valence-corrected chi connectivity index (χ4v) is 2.34. The van der Waals surface area contributed by atoms with Crippen LogP contribution in [0, 0.1) is 0 Å². The smallest absolute Gasteiger partial charge is 0.272 e. The molecule has 1 aromatic heterocycles. The molecule has 0 atom stereocenters. The number of amides is 1. The van der Waals surface area contributed by atoms with E-state index in [-0.39, 0.29) is 5.91 Å². The lowest BCUT2D eigenvalue weighted by atomic mass is 10.0. The van der Waals surface area contributed by atoms with Gasteiger partial charge in [-0.05, 0) is 53.6 Å². The van der Waals surface area contributed by atoms with Gasteiger partial charge in [0, 0.05) is 12.4 Å². The molecule has 0 aliphatic heterocycles. The van der Waals surface area contributed by atoms with Gasteiger partial charge in [-0.15, -0.1) is 0 Å². The second-order valence-corrected chi connectivity index (χ2v) is 5.31. The Labute approximate surface area is 140 Å². The van der Waals surface area contributed by atoms with Gasteiger partial charge in [-0.3, -0.25) is 9.78 Å². The summed E-state index contributed by atoms with van der Waals surface area (Å²) < 4.78 is 5.23. The summed E-state index contributed by atoms with van der Waals surface area (Å²) in [6.45, 7) is 1.86. The van der Waals surface area contributed by atoms with Gasteiger partial charge in [-0.2, -0.15) is 5.10 Å². The molecule has 3 aromatic rings. The first-order valence-electron chi connectivity index (χ1n) is 7.50. The number of fused-ring (bicyclic) bond motifs is 1. The summed E-state index contributed by atoms with van der Waals surface area (Å²) >= 11 is 0. The Morgan fingerprint density at radius 1 is 1.08 bits per heavy atom. The Hall–Kier alpha value is -3.21. The van der Waals surface area contributed by atoms with E-state index in [9.17, 15) is 4.79 Å². The van der Waals surface area contributed by atoms with Crippen LogP contribution in [0.25, 0.3) is 10.8 Å². The van der Waals surface area contributed by atoms with Gasteiger partial charge in [-0.1, -0.05) is 18.2 Å². The molecule has 0 spiro atoms. The normalized spacial score (nSPS) is 11.3. The Kier molecular flexibility index (Phi) is 4.52. The van der Waals surface area contributed by atoms with Crippen LogP contribution in [-0.2, 0) is 0 Å². The summed E-state index contributed by atoms with van der Waals surface area (Å²) in [5.41, 5.74) is 4.69. The van der Waals surface area contributed by atoms with Crippen LogP contribution in [0.1, 0.15) is 22.8 Å². The van der Waals surface area contributed by atoms with E-state index >= 15 is 0 Å². The first kappa shape index (κ1) is 15.7. The minimum absolute atomic E-state index is 0.284. The monoisotopic (exact) mass is 319 g/mol. The predicted molar refractivity (Wildman–Crippen MR) is 94.4 cm³/mol. The van der Waals surface area contributed by atoms with Crippen LogP contribution < -0.4 is 10.2 Å². The number of hydrogen-bond acceptors (Lipinski definition) is 4. The Bertz CT molecular complexity index is 905. The molecule has 0 aliphatic carbocycles. The van der Waals surface area contributed by atoms with Crippen molar-refractivity contribution in [1.82, 2.24) is 10.4 Å². The number of carbonyl (C=O) groups excluding carboxylic acids is 1. The molecule has 0 saturated carbocycles. The van der Waals surface area contributed by atoms with Crippen molar-refractivity contribution in [3.63, 3.8) is 0 Å². The molecule has 0 unspecified atom stereocenters. The van der Waals surface area contributed by atoms with Gasteiger partial charge in [0.25, 0.3) is 5.91 Å². The van der Waals surface area contributed by atoms with Crippen molar-refractivity contribution < 1.29 is 9.53 Å². The van der Waals surface area contributed by atoms with Gasteiger partial charge in [0.05, 0.1) is 18.4 Å². The summed E-state index contributed by atoms with van der Waals surface area (Å²) in [6.07, 6.45) is 3.12. The van der Waals surface area contributed by atoms with Crippen molar-refractivity contribution in [2.75, 3.05) is 7.11 Å². The number of aromatic nitrogens is 1. The number of nitrogens with one attached hydrogen (secondary N) is 1. The van der Waals surface area contributed by atoms with E-state index in [2.05, 4.69) is 15.5 Å². The number of nitrogens with zero attached hydrogens (tertiary/aromatic N) is 2. The van der Waals surface area contributed by atoms with Crippen LogP contribution in [0.15, 0.2) is 66.0 Å². The molecule has 1 heterocycles. The summed E-state index contributed by atoms with van der Waals surface area (Å²) in [6, 6.07) is 15.3. The minimum Gasteiger partial charge on any atom is -0.497 e. The van der Waals surface area contributed by atoms with E-state index in [1.165, 1.54) is 6.20 Å². The number of pyridine rings is 1. The molecule has 3 rings (SSSR count). The van der Waals surface area contributed by atoms with Gasteiger partial charge >= 0.3 is 0 Å². The summed E-state index contributed by atoms with van der Waals surface area (Å²) in [7, 11) is 1.65. The van der Waals surface area contributed by atoms with Crippen molar-refractivity contribution >= 4 is 22.4 Å². The zero-order valence-corrected chi connectivity index (χ0v) is 13.5. The van der Waals surface area contributed by atoms with Gasteiger partial charge in [0.1, 0.15) is 5.75 Å². The molecule has 5 heteroatoms. The molecule has 5 nitrogen and oxygen atoms in total. The Morgan fingerprint density at radius 2 is 1.88 bits per heavy atom. The highest BCUT2D eigenvalue weighted by Gasteiger charge is 2.05. The zero-order chi connectivity index (χ0) is 16.9. The van der Waals surface area contributed by atoms with Crippen LogP contribution in [0.4, 0.5) is 0 Å². The third kappa shape index (κ3) is 3.41. The van der Waals surface area contributed by atoms with E-state index in [0.29, 0.717) is 5.56 Å². The number of carbonyl (C=O) groups is 1. The van der Waals surface area contributed by atoms with Crippen LogP contribution in [-0.4, -0.2) is 23.7 Å². The summed E-state index contributed by atoms with van der Waals surface area (Å²) in [4.78, 5) is 15.9. The second-order valence-electron chi connectivity index (χ2n) is 5.31. The maximum atomic E-state index is 12.0. The van der Waals surface area contributed by atoms with Crippen molar-refractivity contribution in [1.29, 1.82) is 0 Å². The van der Waals surface area contributed by atoms with Gasteiger partial charge in [-0.25, -0.2) is 5.43 Å². The highest BCUT2D eigenvalue weighted by Crippen LogP contribution is 2.22. The molecule has 120 valence electrons. The molecule has 1 amide bonds. The molecule has 0 fully saturated rings. The van der Waals surface area contributed by atoms with Crippen molar-refractivity contribution in [2.45, 2.75) is 6.92 Å². The van der Waals surface area contributed by atoms with Crippen LogP contribution >= 0.6 is 0 Å². The largest absolute Gasteiger partial charge is 0.497 e. The highest BCUT2D eigenvalue weighted by atomic mass is 16.5. The first-order valence-corrected chi connectivity index (χ1v) is 7.50. The summed E-state index contributed by atoms with van der Waals surface area (Å²) in [5.74, 6) is 0.539. The molecule has 24 heavy (non-hydrogen) atoms. The average molecular weight is 319 g/mol. The predicted octanol–water partition coefficient (Wildman–Crippen LogP) is 3.40. The van der Waals surface area contributed by atoms with Crippen LogP contribution in [0.5, 0.6) is 5.75 Å². The molecule has 0 aliphatic rings. The first-order chi connectivity index (χ1) is 11.7. The van der Waals surface area contributed by atoms with E-state index in [4.69, 9.17) is 4.74 Å². The number of methoxy groups -OCH3 is 1. The quantitative estimate of drug-likeness (QED) is 0.592. The topological polar surface area (TPSA) is 63.6 Å². The molecule has 1 N–H and O–H groups in total. The van der Waals surface area contributed by atoms with Gasteiger partial charge in [0.15, 0.2) is 0 Å². The molecule has 0 bridgehead atoms. The van der Waals surface area contributed by atoms with E-state index < -0.39 is 0 Å². The van der Waals surface area contributed by atoms with E-state index in [0.717, 1.165) is 27.8 Å². The third-order valence-electron chi connectivity index (χ3n) is 3.71.